The quantitative estimate of drug-likeness (QED) is 0.729. The van der Waals surface area contributed by atoms with E-state index in [1.54, 1.807) is 4.90 Å². The van der Waals surface area contributed by atoms with Gasteiger partial charge in [-0.25, -0.2) is 4.79 Å². The van der Waals surface area contributed by atoms with E-state index in [9.17, 15) is 4.79 Å². The molecule has 0 radical (unpaired) electrons. The molecule has 94 valence electrons. The van der Waals surface area contributed by atoms with Gasteiger partial charge in [-0.1, -0.05) is 0 Å². The Morgan fingerprint density at radius 1 is 1.56 bits per heavy atom. The van der Waals surface area contributed by atoms with Crippen LogP contribution in [0.15, 0.2) is 0 Å². The van der Waals surface area contributed by atoms with Gasteiger partial charge in [0, 0.05) is 19.7 Å². The smallest absolute Gasteiger partial charge is 0.410 e. The molecule has 1 rings (SSSR count). The fourth-order valence-electron chi connectivity index (χ4n) is 1.53. The van der Waals surface area contributed by atoms with Gasteiger partial charge in [0.05, 0.1) is 12.6 Å². The molecule has 1 heterocycles. The topological polar surface area (TPSA) is 64.8 Å². The molecule has 5 nitrogen and oxygen atoms in total. The molecule has 1 unspecified atom stereocenters. The second-order valence-corrected chi connectivity index (χ2v) is 5.01. The minimum atomic E-state index is -0.456. The van der Waals surface area contributed by atoms with Crippen molar-refractivity contribution in [1.29, 1.82) is 0 Å². The van der Waals surface area contributed by atoms with E-state index in [0.29, 0.717) is 26.2 Å². The molecule has 2 N–H and O–H groups in total. The molecule has 1 aliphatic rings. The molecule has 1 aliphatic heterocycles. The molecule has 0 bridgehead atoms. The van der Waals surface area contributed by atoms with Crippen molar-refractivity contribution < 1.29 is 14.3 Å². The first-order valence-electron chi connectivity index (χ1n) is 5.72. The van der Waals surface area contributed by atoms with Crippen molar-refractivity contribution in [2.75, 3.05) is 26.2 Å². The SMILES string of the molecule is CC(C)(C)OC(=O)N1CCCOC(CN)C1. The lowest BCUT2D eigenvalue weighted by Crippen LogP contribution is -2.42. The number of hydrogen-bond acceptors (Lipinski definition) is 4. The molecule has 5 heteroatoms. The largest absolute Gasteiger partial charge is 0.444 e. The molecule has 1 saturated heterocycles. The highest BCUT2D eigenvalue weighted by Gasteiger charge is 2.25. The number of nitrogens with zero attached hydrogens (tertiary/aromatic N) is 1. The van der Waals surface area contributed by atoms with Gasteiger partial charge in [-0.3, -0.25) is 0 Å². The van der Waals surface area contributed by atoms with Crippen LogP contribution < -0.4 is 5.73 Å². The summed E-state index contributed by atoms with van der Waals surface area (Å²) < 4.78 is 10.8. The Bertz CT molecular complexity index is 238. The Morgan fingerprint density at radius 2 is 2.25 bits per heavy atom. The van der Waals surface area contributed by atoms with Gasteiger partial charge in [0.25, 0.3) is 0 Å². The van der Waals surface area contributed by atoms with Crippen molar-refractivity contribution in [3.63, 3.8) is 0 Å². The van der Waals surface area contributed by atoms with Crippen LogP contribution in [0.2, 0.25) is 0 Å². The third kappa shape index (κ3) is 4.37. The zero-order valence-corrected chi connectivity index (χ0v) is 10.4. The highest BCUT2D eigenvalue weighted by Crippen LogP contribution is 2.12. The normalized spacial score (nSPS) is 22.8. The highest BCUT2D eigenvalue weighted by atomic mass is 16.6. The van der Waals surface area contributed by atoms with Crippen molar-refractivity contribution in [3.8, 4) is 0 Å². The van der Waals surface area contributed by atoms with Crippen molar-refractivity contribution in [2.24, 2.45) is 5.73 Å². The summed E-state index contributed by atoms with van der Waals surface area (Å²) in [5.74, 6) is 0. The third-order valence-corrected chi connectivity index (χ3v) is 2.26. The molecular formula is C11H22N2O3. The van der Waals surface area contributed by atoms with E-state index < -0.39 is 5.60 Å². The van der Waals surface area contributed by atoms with Gasteiger partial charge >= 0.3 is 6.09 Å². The number of amides is 1. The van der Waals surface area contributed by atoms with E-state index in [4.69, 9.17) is 15.2 Å². The summed E-state index contributed by atoms with van der Waals surface area (Å²) in [6, 6.07) is 0. The molecule has 0 saturated carbocycles. The highest BCUT2D eigenvalue weighted by molar-refractivity contribution is 5.68. The van der Waals surface area contributed by atoms with Crippen LogP contribution in [0, 0.1) is 0 Å². The lowest BCUT2D eigenvalue weighted by molar-refractivity contribution is 0.0159. The monoisotopic (exact) mass is 230 g/mol. The predicted molar refractivity (Wildman–Crippen MR) is 61.2 cm³/mol. The van der Waals surface area contributed by atoms with Crippen LogP contribution in [0.25, 0.3) is 0 Å². The maximum absolute atomic E-state index is 11.8. The molecule has 0 aromatic rings. The van der Waals surface area contributed by atoms with Crippen LogP contribution in [-0.2, 0) is 9.47 Å². The molecule has 0 spiro atoms. The van der Waals surface area contributed by atoms with Gasteiger partial charge < -0.3 is 20.1 Å². The first-order chi connectivity index (χ1) is 7.42. The van der Waals surface area contributed by atoms with Crippen molar-refractivity contribution in [1.82, 2.24) is 4.90 Å². The number of ether oxygens (including phenoxy) is 2. The summed E-state index contributed by atoms with van der Waals surface area (Å²) in [7, 11) is 0. The van der Waals surface area contributed by atoms with Crippen LogP contribution in [0.3, 0.4) is 0 Å². The number of hydrogen-bond donors (Lipinski definition) is 1. The van der Waals surface area contributed by atoms with Crippen LogP contribution in [0.1, 0.15) is 27.2 Å². The lowest BCUT2D eigenvalue weighted by atomic mass is 10.2. The average molecular weight is 230 g/mol. The van der Waals surface area contributed by atoms with Crippen LogP contribution in [0.5, 0.6) is 0 Å². The van der Waals surface area contributed by atoms with E-state index in [0.717, 1.165) is 6.42 Å². The number of rotatable bonds is 1. The maximum Gasteiger partial charge on any atom is 0.410 e. The molecule has 0 aromatic heterocycles. The fraction of sp³-hybridized carbons (Fsp3) is 0.909. The first kappa shape index (κ1) is 13.3. The van der Waals surface area contributed by atoms with Gasteiger partial charge in [-0.2, -0.15) is 0 Å². The fourth-order valence-corrected chi connectivity index (χ4v) is 1.53. The van der Waals surface area contributed by atoms with Crippen LogP contribution in [-0.4, -0.2) is 48.9 Å². The summed E-state index contributed by atoms with van der Waals surface area (Å²) in [6.07, 6.45) is 0.474. The van der Waals surface area contributed by atoms with Gasteiger partial charge in [0.15, 0.2) is 0 Å². The molecule has 1 amide bonds. The third-order valence-electron chi connectivity index (χ3n) is 2.26. The number of carbonyl (C=O) groups excluding carboxylic acids is 1. The molecule has 0 aromatic carbocycles. The molecule has 0 aliphatic carbocycles. The number of nitrogens with two attached hydrogens (primary N) is 1. The summed E-state index contributed by atoms with van der Waals surface area (Å²) in [4.78, 5) is 13.5. The zero-order valence-electron chi connectivity index (χ0n) is 10.4. The second kappa shape index (κ2) is 5.50. The van der Waals surface area contributed by atoms with Gasteiger partial charge in [-0.15, -0.1) is 0 Å². The van der Waals surface area contributed by atoms with E-state index in [-0.39, 0.29) is 12.2 Å². The Kier molecular flexibility index (Phi) is 4.56. The summed E-state index contributed by atoms with van der Waals surface area (Å²) >= 11 is 0. The van der Waals surface area contributed by atoms with Crippen molar-refractivity contribution in [3.05, 3.63) is 0 Å². The van der Waals surface area contributed by atoms with E-state index >= 15 is 0 Å². The average Bonchev–Trinajstić information content (AvgIpc) is 2.39. The van der Waals surface area contributed by atoms with Gasteiger partial charge in [0.1, 0.15) is 5.60 Å². The van der Waals surface area contributed by atoms with E-state index in [1.165, 1.54) is 0 Å². The van der Waals surface area contributed by atoms with E-state index in [1.807, 2.05) is 20.8 Å². The Morgan fingerprint density at radius 3 is 2.81 bits per heavy atom. The van der Waals surface area contributed by atoms with Crippen molar-refractivity contribution in [2.45, 2.75) is 38.9 Å². The van der Waals surface area contributed by atoms with Crippen LogP contribution in [0.4, 0.5) is 4.79 Å². The Hall–Kier alpha value is -0.810. The second-order valence-electron chi connectivity index (χ2n) is 5.01. The molecule has 1 atom stereocenters. The lowest BCUT2D eigenvalue weighted by Gasteiger charge is -2.27. The maximum atomic E-state index is 11.8. The molecule has 16 heavy (non-hydrogen) atoms. The van der Waals surface area contributed by atoms with Gasteiger partial charge in [-0.05, 0) is 27.2 Å². The zero-order chi connectivity index (χ0) is 12.2. The molecule has 1 fully saturated rings. The first-order valence-corrected chi connectivity index (χ1v) is 5.72. The van der Waals surface area contributed by atoms with E-state index in [2.05, 4.69) is 0 Å². The Labute approximate surface area is 96.9 Å². The number of carbonyl (C=O) groups is 1. The standard InChI is InChI=1S/C11H22N2O3/c1-11(2,3)16-10(14)13-5-4-6-15-9(7-12)8-13/h9H,4-8,12H2,1-3H3. The van der Waals surface area contributed by atoms with Crippen molar-refractivity contribution >= 4 is 6.09 Å². The Balaban J connectivity index is 2.53. The summed E-state index contributed by atoms with van der Waals surface area (Å²) in [5, 5.41) is 0. The minimum absolute atomic E-state index is 0.0741. The predicted octanol–water partition coefficient (Wildman–Crippen LogP) is 0.971. The van der Waals surface area contributed by atoms with Crippen LogP contribution >= 0.6 is 0 Å². The molecular weight excluding hydrogens is 208 g/mol. The van der Waals surface area contributed by atoms with Gasteiger partial charge in [0.2, 0.25) is 0 Å². The summed E-state index contributed by atoms with van der Waals surface area (Å²) in [6.45, 7) is 7.86. The minimum Gasteiger partial charge on any atom is -0.444 e. The summed E-state index contributed by atoms with van der Waals surface area (Å²) in [5.41, 5.74) is 5.10.